The summed E-state index contributed by atoms with van der Waals surface area (Å²) in [6.07, 6.45) is 4.67. The molecule has 4 aromatic heterocycles. The summed E-state index contributed by atoms with van der Waals surface area (Å²) in [6.45, 7) is 11.9. The maximum atomic E-state index is 13.9. The number of anilines is 2. The molecule has 55 heavy (non-hydrogen) atoms. The summed E-state index contributed by atoms with van der Waals surface area (Å²) in [6, 6.07) is 11.8. The van der Waals surface area contributed by atoms with Gasteiger partial charge in [-0.15, -0.1) is 0 Å². The van der Waals surface area contributed by atoms with Gasteiger partial charge in [-0.2, -0.15) is 10.2 Å². The van der Waals surface area contributed by atoms with Gasteiger partial charge in [0.25, 0.3) is 11.8 Å². The summed E-state index contributed by atoms with van der Waals surface area (Å²) in [5.74, 6) is -1.15. The number of nitrogens with one attached hydrogen (secondary N) is 2. The molecule has 0 bridgehead atoms. The molecule has 0 aliphatic carbocycles. The zero-order valence-corrected chi connectivity index (χ0v) is 32.0. The van der Waals surface area contributed by atoms with Gasteiger partial charge in [0, 0.05) is 42.9 Å². The van der Waals surface area contributed by atoms with Gasteiger partial charge in [-0.1, -0.05) is 26.7 Å². The lowest BCUT2D eigenvalue weighted by Gasteiger charge is -2.13. The Morgan fingerprint density at radius 2 is 1.24 bits per heavy atom. The minimum Gasteiger partial charge on any atom is -0.366 e. The fourth-order valence-corrected chi connectivity index (χ4v) is 6.93. The Morgan fingerprint density at radius 3 is 1.75 bits per heavy atom. The van der Waals surface area contributed by atoms with Gasteiger partial charge >= 0.3 is 0 Å². The molecule has 0 atom stereocenters. The van der Waals surface area contributed by atoms with Gasteiger partial charge in [-0.3, -0.25) is 39.2 Å². The highest BCUT2D eigenvalue weighted by atomic mass is 16.2. The van der Waals surface area contributed by atoms with Crippen molar-refractivity contribution < 1.29 is 19.2 Å². The van der Waals surface area contributed by atoms with Gasteiger partial charge < -0.3 is 20.6 Å². The van der Waals surface area contributed by atoms with Crippen molar-refractivity contribution in [2.75, 3.05) is 10.6 Å². The molecular weight excluding hydrogens is 701 g/mol. The molecule has 4 heterocycles. The first-order valence-corrected chi connectivity index (χ1v) is 18.8. The van der Waals surface area contributed by atoms with Crippen LogP contribution in [-0.4, -0.2) is 62.3 Å². The Morgan fingerprint density at radius 1 is 0.673 bits per heavy atom. The van der Waals surface area contributed by atoms with Gasteiger partial charge in [-0.25, -0.2) is 9.97 Å². The maximum Gasteiger partial charge on any atom is 0.276 e. The molecule has 0 spiro atoms. The number of benzene rings is 2. The van der Waals surface area contributed by atoms with Crippen molar-refractivity contribution in [1.29, 1.82) is 0 Å². The monoisotopic (exact) mass is 748 g/mol. The first-order valence-electron chi connectivity index (χ1n) is 18.8. The van der Waals surface area contributed by atoms with Crippen molar-refractivity contribution in [3.05, 3.63) is 81.9 Å². The van der Waals surface area contributed by atoms with Crippen LogP contribution in [0.5, 0.6) is 0 Å². The van der Waals surface area contributed by atoms with E-state index < -0.39 is 11.8 Å². The Hall–Kier alpha value is -6.32. The van der Waals surface area contributed by atoms with Crippen molar-refractivity contribution in [2.24, 2.45) is 11.5 Å². The highest BCUT2D eigenvalue weighted by Gasteiger charge is 2.24. The largest absolute Gasteiger partial charge is 0.366 e. The van der Waals surface area contributed by atoms with E-state index in [-0.39, 0.29) is 11.8 Å². The van der Waals surface area contributed by atoms with Crippen LogP contribution in [-0.2, 0) is 32.6 Å². The number of fused-ring (bicyclic) bond motifs is 2. The zero-order chi connectivity index (χ0) is 39.4. The average molecular weight is 749 g/mol. The normalized spacial score (nSPS) is 11.4. The van der Waals surface area contributed by atoms with Crippen LogP contribution < -0.4 is 22.1 Å². The minimum absolute atomic E-state index is 0.309. The van der Waals surface area contributed by atoms with Gasteiger partial charge in [-0.05, 0) is 88.9 Å². The Balaban J connectivity index is 1.28. The number of nitrogens with zero attached hydrogens (tertiary/aromatic N) is 8. The van der Waals surface area contributed by atoms with Crippen LogP contribution in [0.1, 0.15) is 112 Å². The molecule has 6 rings (SSSR count). The Bertz CT molecular complexity index is 2410. The van der Waals surface area contributed by atoms with Crippen LogP contribution in [0.3, 0.4) is 0 Å². The minimum atomic E-state index is -0.577. The smallest absolute Gasteiger partial charge is 0.276 e. The molecule has 0 saturated carbocycles. The summed E-state index contributed by atoms with van der Waals surface area (Å²) >= 11 is 0. The fourth-order valence-electron chi connectivity index (χ4n) is 6.93. The third-order valence-electron chi connectivity index (χ3n) is 9.65. The molecule has 0 fully saturated rings. The average Bonchev–Trinajstić information content (AvgIpc) is 3.89. The summed E-state index contributed by atoms with van der Waals surface area (Å²) in [5, 5.41) is 15.1. The zero-order valence-electron chi connectivity index (χ0n) is 32.0. The van der Waals surface area contributed by atoms with Crippen molar-refractivity contribution in [3.63, 3.8) is 0 Å². The van der Waals surface area contributed by atoms with E-state index in [0.29, 0.717) is 90.9 Å². The summed E-state index contributed by atoms with van der Waals surface area (Å²) in [7, 11) is 0. The standard InChI is InChI=1S/C39H48N12O4/c1-6-9-19-51-32(20-23(4)46-51)36(54)44-38-42-28-21-25(34(40)52)13-15-30(28)48(38)17-10-11-18-49-31-16-14-26(35(41)53)22-29(31)43-39(49)45-37(55)33-27(12-7-2)24(5)47-50(33)8-3/h13-16,20-22H,6-12,17-19H2,1-5H3,(H2,40,52)(H2,41,53)(H,42,44,54)(H,43,45,55). The van der Waals surface area contributed by atoms with E-state index in [1.54, 1.807) is 51.8 Å². The lowest BCUT2D eigenvalue weighted by atomic mass is 10.1. The van der Waals surface area contributed by atoms with Gasteiger partial charge in [0.15, 0.2) is 0 Å². The predicted molar refractivity (Wildman–Crippen MR) is 210 cm³/mol. The number of unbranched alkanes of at least 4 members (excludes halogenated alkanes) is 2. The van der Waals surface area contributed by atoms with E-state index in [1.165, 1.54) is 0 Å². The molecule has 6 aromatic rings. The molecule has 16 nitrogen and oxygen atoms in total. The molecule has 288 valence electrons. The molecule has 0 unspecified atom stereocenters. The number of carbonyl (C=O) groups excluding carboxylic acids is 4. The third kappa shape index (κ3) is 7.98. The number of nitrogens with two attached hydrogens (primary N) is 2. The number of aromatic nitrogens is 8. The molecule has 2 aromatic carbocycles. The number of amides is 4. The first-order chi connectivity index (χ1) is 26.4. The number of imidazole rings is 2. The lowest BCUT2D eigenvalue weighted by Crippen LogP contribution is -2.21. The maximum absolute atomic E-state index is 13.9. The Labute approximate surface area is 318 Å². The van der Waals surface area contributed by atoms with Crippen LogP contribution in [0.15, 0.2) is 42.5 Å². The van der Waals surface area contributed by atoms with E-state index in [1.807, 2.05) is 29.9 Å². The van der Waals surface area contributed by atoms with E-state index in [9.17, 15) is 19.2 Å². The number of hydrogen-bond donors (Lipinski definition) is 4. The van der Waals surface area contributed by atoms with Gasteiger partial charge in [0.2, 0.25) is 23.7 Å². The number of rotatable bonds is 17. The van der Waals surface area contributed by atoms with Crippen molar-refractivity contribution in [2.45, 2.75) is 99.3 Å². The van der Waals surface area contributed by atoms with E-state index in [2.05, 4.69) is 34.7 Å². The van der Waals surface area contributed by atoms with Crippen molar-refractivity contribution in [3.8, 4) is 0 Å². The highest BCUT2D eigenvalue weighted by molar-refractivity contribution is 6.05. The van der Waals surface area contributed by atoms with Crippen LogP contribution in [0, 0.1) is 13.8 Å². The van der Waals surface area contributed by atoms with Crippen LogP contribution in [0.4, 0.5) is 11.9 Å². The van der Waals surface area contributed by atoms with Crippen LogP contribution >= 0.6 is 0 Å². The molecule has 0 aliphatic rings. The quantitative estimate of drug-likeness (QED) is 0.0890. The van der Waals surface area contributed by atoms with Crippen molar-refractivity contribution >= 4 is 57.6 Å². The number of hydrogen-bond acceptors (Lipinski definition) is 8. The highest BCUT2D eigenvalue weighted by Crippen LogP contribution is 2.26. The molecule has 16 heteroatoms. The van der Waals surface area contributed by atoms with E-state index in [0.717, 1.165) is 47.2 Å². The van der Waals surface area contributed by atoms with Crippen LogP contribution in [0.2, 0.25) is 0 Å². The third-order valence-corrected chi connectivity index (χ3v) is 9.65. The summed E-state index contributed by atoms with van der Waals surface area (Å²) < 4.78 is 7.26. The van der Waals surface area contributed by atoms with Crippen LogP contribution in [0.25, 0.3) is 22.1 Å². The second kappa shape index (κ2) is 16.4. The molecule has 6 N–H and O–H groups in total. The molecular formula is C39H48N12O4. The second-order valence-corrected chi connectivity index (χ2v) is 13.7. The topological polar surface area (TPSA) is 216 Å². The van der Waals surface area contributed by atoms with E-state index in [4.69, 9.17) is 21.4 Å². The molecule has 0 aliphatic heterocycles. The number of primary amides is 2. The SMILES string of the molecule is CCCCn1nc(C)cc1C(=O)Nc1nc2cc(C(N)=O)ccc2n1CCCCn1c(NC(=O)c2c(CCC)c(C)nn2CC)nc2cc(C(N)=O)ccc21. The molecule has 0 saturated heterocycles. The summed E-state index contributed by atoms with van der Waals surface area (Å²) in [5.41, 5.74) is 17.6. The van der Waals surface area contributed by atoms with Crippen molar-refractivity contribution in [1.82, 2.24) is 38.7 Å². The molecule has 0 radical (unpaired) electrons. The lowest BCUT2D eigenvalue weighted by molar-refractivity contribution is 0.0992. The van der Waals surface area contributed by atoms with E-state index >= 15 is 0 Å². The first kappa shape index (κ1) is 38.4. The fraction of sp³-hybridized carbons (Fsp3) is 0.385. The summed E-state index contributed by atoms with van der Waals surface area (Å²) in [4.78, 5) is 61.0. The molecule has 4 amide bonds. The van der Waals surface area contributed by atoms with Gasteiger partial charge in [0.1, 0.15) is 11.4 Å². The predicted octanol–water partition coefficient (Wildman–Crippen LogP) is 5.35. The Kier molecular flexibility index (Phi) is 11.4. The number of carbonyl (C=O) groups is 4. The number of aryl methyl sites for hydroxylation is 6. The van der Waals surface area contributed by atoms with Gasteiger partial charge in [0.05, 0.1) is 33.5 Å². The second-order valence-electron chi connectivity index (χ2n) is 13.7.